The van der Waals surface area contributed by atoms with Gasteiger partial charge in [0.15, 0.2) is 0 Å². The van der Waals surface area contributed by atoms with Crippen LogP contribution < -0.4 is 4.43 Å². The van der Waals surface area contributed by atoms with E-state index in [1.54, 1.807) is 0 Å². The summed E-state index contributed by atoms with van der Waals surface area (Å²) in [6, 6.07) is 8.51. The lowest BCUT2D eigenvalue weighted by Gasteiger charge is -2.41. The average Bonchev–Trinajstić information content (AvgIpc) is 2.97. The van der Waals surface area contributed by atoms with E-state index in [2.05, 4.69) is 84.1 Å². The SMILES string of the molecule is C[C@@H](/C=C/c1cccc(O[Si](C)(C)C(C)(C)C)c1)[C@H]1CC[C@H]2C(=O)CCC[C@]12C. The summed E-state index contributed by atoms with van der Waals surface area (Å²) in [6.45, 7) is 16.1. The summed E-state index contributed by atoms with van der Waals surface area (Å²) in [4.78, 5) is 12.4. The highest BCUT2D eigenvalue weighted by molar-refractivity contribution is 6.74. The molecule has 29 heavy (non-hydrogen) atoms. The number of hydrogen-bond acceptors (Lipinski definition) is 2. The zero-order valence-electron chi connectivity index (χ0n) is 19.5. The van der Waals surface area contributed by atoms with Crippen molar-refractivity contribution in [2.75, 3.05) is 0 Å². The van der Waals surface area contributed by atoms with Crippen molar-refractivity contribution in [1.82, 2.24) is 0 Å². The third-order valence-corrected chi connectivity index (χ3v) is 12.6. The summed E-state index contributed by atoms with van der Waals surface area (Å²) in [5.41, 5.74) is 1.40. The molecule has 0 radical (unpaired) electrons. The fourth-order valence-corrected chi connectivity index (χ4v) is 6.38. The predicted molar refractivity (Wildman–Crippen MR) is 126 cm³/mol. The van der Waals surface area contributed by atoms with Gasteiger partial charge in [-0.1, -0.05) is 58.9 Å². The van der Waals surface area contributed by atoms with Crippen LogP contribution in [0.25, 0.3) is 6.08 Å². The van der Waals surface area contributed by atoms with Gasteiger partial charge in [-0.2, -0.15) is 0 Å². The Morgan fingerprint density at radius 1 is 1.24 bits per heavy atom. The molecule has 2 saturated carbocycles. The smallest absolute Gasteiger partial charge is 0.250 e. The Labute approximate surface area is 179 Å². The summed E-state index contributed by atoms with van der Waals surface area (Å²) in [7, 11) is -1.83. The van der Waals surface area contributed by atoms with Crippen molar-refractivity contribution in [3.63, 3.8) is 0 Å². The molecule has 1 aromatic rings. The van der Waals surface area contributed by atoms with Crippen molar-refractivity contribution in [1.29, 1.82) is 0 Å². The molecule has 0 spiro atoms. The van der Waals surface area contributed by atoms with Crippen LogP contribution in [0, 0.1) is 23.2 Å². The van der Waals surface area contributed by atoms with Crippen molar-refractivity contribution in [3.05, 3.63) is 35.9 Å². The number of fused-ring (bicyclic) bond motifs is 1. The molecule has 3 heteroatoms. The van der Waals surface area contributed by atoms with E-state index in [-0.39, 0.29) is 10.5 Å². The van der Waals surface area contributed by atoms with Gasteiger partial charge in [-0.05, 0) is 78.8 Å². The number of benzene rings is 1. The van der Waals surface area contributed by atoms with E-state index < -0.39 is 8.32 Å². The minimum absolute atomic E-state index is 0.194. The average molecular weight is 413 g/mol. The fraction of sp³-hybridized carbons (Fsp3) is 0.654. The van der Waals surface area contributed by atoms with Crippen LogP contribution >= 0.6 is 0 Å². The molecule has 1 aromatic carbocycles. The summed E-state index contributed by atoms with van der Waals surface area (Å²) in [5.74, 6) is 2.91. The van der Waals surface area contributed by atoms with Crippen LogP contribution in [0.2, 0.25) is 18.1 Å². The summed E-state index contributed by atoms with van der Waals surface area (Å²) in [5, 5.41) is 0.194. The van der Waals surface area contributed by atoms with E-state index >= 15 is 0 Å². The topological polar surface area (TPSA) is 26.3 Å². The van der Waals surface area contributed by atoms with Gasteiger partial charge in [0.1, 0.15) is 11.5 Å². The number of hydrogen-bond donors (Lipinski definition) is 0. The first-order valence-electron chi connectivity index (χ1n) is 11.4. The Morgan fingerprint density at radius 2 is 1.97 bits per heavy atom. The number of carbonyl (C=O) groups is 1. The van der Waals surface area contributed by atoms with Gasteiger partial charge < -0.3 is 4.43 Å². The normalized spacial score (nSPS) is 29.1. The maximum atomic E-state index is 12.4. The Kier molecular flexibility index (Phi) is 6.20. The molecule has 0 heterocycles. The van der Waals surface area contributed by atoms with Crippen molar-refractivity contribution >= 4 is 20.2 Å². The van der Waals surface area contributed by atoms with Gasteiger partial charge in [-0.25, -0.2) is 0 Å². The van der Waals surface area contributed by atoms with E-state index in [1.807, 2.05) is 0 Å². The van der Waals surface area contributed by atoms with Gasteiger partial charge in [0, 0.05) is 12.3 Å². The van der Waals surface area contributed by atoms with Crippen LogP contribution in [-0.4, -0.2) is 14.1 Å². The molecular weight excluding hydrogens is 372 g/mol. The lowest BCUT2D eigenvalue weighted by atomic mass is 9.62. The molecule has 160 valence electrons. The van der Waals surface area contributed by atoms with Crippen LogP contribution in [0.5, 0.6) is 5.75 Å². The van der Waals surface area contributed by atoms with E-state index in [0.29, 0.717) is 23.5 Å². The van der Waals surface area contributed by atoms with Gasteiger partial charge in [0.25, 0.3) is 0 Å². The number of allylic oxidation sites excluding steroid dienone is 1. The molecule has 2 aliphatic carbocycles. The van der Waals surface area contributed by atoms with Gasteiger partial charge >= 0.3 is 0 Å². The molecule has 0 aromatic heterocycles. The fourth-order valence-electron chi connectivity index (χ4n) is 5.36. The second-order valence-corrected chi connectivity index (χ2v) is 15.9. The molecule has 0 saturated heterocycles. The monoisotopic (exact) mass is 412 g/mol. The highest BCUT2D eigenvalue weighted by Gasteiger charge is 2.51. The lowest BCUT2D eigenvalue weighted by molar-refractivity contribution is -0.129. The molecule has 0 bridgehead atoms. The lowest BCUT2D eigenvalue weighted by Crippen LogP contribution is -2.43. The number of ketones is 1. The van der Waals surface area contributed by atoms with Gasteiger partial charge in [-0.15, -0.1) is 0 Å². The van der Waals surface area contributed by atoms with Gasteiger partial charge in [-0.3, -0.25) is 4.79 Å². The van der Waals surface area contributed by atoms with E-state index in [4.69, 9.17) is 4.43 Å². The number of Topliss-reactive ketones (excluding diaryl/α,β-unsaturated/α-hetero) is 1. The molecule has 2 aliphatic rings. The zero-order chi connectivity index (χ0) is 21.4. The standard InChI is InChI=1S/C26H40O2Si/c1-19(22-15-16-23-24(27)12-9-17-26(22,23)5)13-14-20-10-8-11-21(18-20)28-29(6,7)25(2,3)4/h8,10-11,13-14,18-19,22-23H,9,12,15-17H2,1-7H3/b14-13+/t19-,22+,23-,26+/m0/s1. The van der Waals surface area contributed by atoms with Crippen molar-refractivity contribution < 1.29 is 9.22 Å². The first kappa shape index (κ1) is 22.3. The van der Waals surface area contributed by atoms with Crippen LogP contribution in [0.1, 0.15) is 72.3 Å². The van der Waals surface area contributed by atoms with E-state index in [1.165, 1.54) is 18.4 Å². The largest absolute Gasteiger partial charge is 0.543 e. The van der Waals surface area contributed by atoms with Crippen molar-refractivity contribution in [2.24, 2.45) is 23.2 Å². The Morgan fingerprint density at radius 3 is 2.66 bits per heavy atom. The molecule has 0 N–H and O–H groups in total. The first-order chi connectivity index (χ1) is 13.4. The minimum atomic E-state index is -1.83. The highest BCUT2D eigenvalue weighted by atomic mass is 28.4. The Hall–Kier alpha value is -1.35. The highest BCUT2D eigenvalue weighted by Crippen LogP contribution is 2.56. The van der Waals surface area contributed by atoms with E-state index in [9.17, 15) is 4.79 Å². The third kappa shape index (κ3) is 4.55. The van der Waals surface area contributed by atoms with Gasteiger partial charge in [0.2, 0.25) is 8.32 Å². The van der Waals surface area contributed by atoms with Crippen LogP contribution in [0.15, 0.2) is 30.3 Å². The molecule has 4 atom stereocenters. The first-order valence-corrected chi connectivity index (χ1v) is 14.3. The Balaban J connectivity index is 1.71. The quantitative estimate of drug-likeness (QED) is 0.468. The Bertz CT molecular complexity index is 773. The summed E-state index contributed by atoms with van der Waals surface area (Å²) >= 11 is 0. The molecule has 2 fully saturated rings. The zero-order valence-corrected chi connectivity index (χ0v) is 20.5. The van der Waals surface area contributed by atoms with Crippen molar-refractivity contribution in [2.45, 2.75) is 84.9 Å². The maximum absolute atomic E-state index is 12.4. The summed E-state index contributed by atoms with van der Waals surface area (Å²) in [6.07, 6.45) is 9.99. The molecule has 0 amide bonds. The van der Waals surface area contributed by atoms with Crippen LogP contribution in [0.4, 0.5) is 0 Å². The minimum Gasteiger partial charge on any atom is -0.543 e. The van der Waals surface area contributed by atoms with Gasteiger partial charge in [0.05, 0.1) is 0 Å². The second kappa shape index (κ2) is 8.06. The predicted octanol–water partition coefficient (Wildman–Crippen LogP) is 7.51. The second-order valence-electron chi connectivity index (χ2n) is 11.2. The van der Waals surface area contributed by atoms with Crippen LogP contribution in [-0.2, 0) is 4.79 Å². The summed E-state index contributed by atoms with van der Waals surface area (Å²) < 4.78 is 6.48. The third-order valence-electron chi connectivity index (χ3n) is 8.20. The number of carbonyl (C=O) groups excluding carboxylic acids is 1. The molecule has 0 unspecified atom stereocenters. The molecular formula is C26H40O2Si. The van der Waals surface area contributed by atoms with Crippen LogP contribution in [0.3, 0.4) is 0 Å². The number of rotatable bonds is 5. The maximum Gasteiger partial charge on any atom is 0.250 e. The molecule has 0 aliphatic heterocycles. The van der Waals surface area contributed by atoms with Crippen molar-refractivity contribution in [3.8, 4) is 5.75 Å². The molecule has 2 nitrogen and oxygen atoms in total. The molecule has 3 rings (SSSR count). The van der Waals surface area contributed by atoms with E-state index in [0.717, 1.165) is 25.0 Å².